The van der Waals surface area contributed by atoms with Crippen LogP contribution in [-0.4, -0.2) is 34.2 Å². The number of aryl methyl sites for hydroxylation is 2. The van der Waals surface area contributed by atoms with Gasteiger partial charge in [-0.25, -0.2) is 4.68 Å². The van der Waals surface area contributed by atoms with Gasteiger partial charge in [-0.2, -0.15) is 5.10 Å². The fourth-order valence-corrected chi connectivity index (χ4v) is 4.87. The molecule has 1 amide bonds. The van der Waals surface area contributed by atoms with Crippen LogP contribution in [-0.2, 0) is 7.05 Å². The molecule has 128 valence electrons. The van der Waals surface area contributed by atoms with Crippen LogP contribution < -0.4 is 4.74 Å². The Bertz CT molecular complexity index is 775. The molecule has 1 saturated heterocycles. The molecule has 0 spiro atoms. The van der Waals surface area contributed by atoms with Crippen molar-refractivity contribution >= 4 is 17.2 Å². The zero-order valence-electron chi connectivity index (χ0n) is 14.4. The summed E-state index contributed by atoms with van der Waals surface area (Å²) in [6.45, 7) is 2.81. The maximum atomic E-state index is 13.2. The molecular formula is C18H23N3O2S. The normalized spacial score (nSPS) is 20.6. The van der Waals surface area contributed by atoms with E-state index >= 15 is 0 Å². The number of aromatic nitrogens is 2. The third-order valence-corrected chi connectivity index (χ3v) is 6.08. The highest BCUT2D eigenvalue weighted by Gasteiger charge is 2.38. The first-order chi connectivity index (χ1) is 11.6. The molecule has 1 saturated carbocycles. The van der Waals surface area contributed by atoms with Gasteiger partial charge in [0.25, 0.3) is 5.91 Å². The number of carbonyl (C=O) groups excluding carboxylic acids is 1. The highest BCUT2D eigenvalue weighted by molar-refractivity contribution is 7.12. The van der Waals surface area contributed by atoms with E-state index in [9.17, 15) is 4.79 Å². The van der Waals surface area contributed by atoms with Gasteiger partial charge in [0.2, 0.25) is 5.88 Å². The van der Waals surface area contributed by atoms with Crippen LogP contribution in [0, 0.1) is 6.92 Å². The lowest BCUT2D eigenvalue weighted by Crippen LogP contribution is -2.31. The number of thiophene rings is 1. The van der Waals surface area contributed by atoms with E-state index in [0.29, 0.717) is 5.92 Å². The summed E-state index contributed by atoms with van der Waals surface area (Å²) >= 11 is 1.59. The fourth-order valence-electron chi connectivity index (χ4n) is 3.93. The summed E-state index contributed by atoms with van der Waals surface area (Å²) in [5, 5.41) is 6.55. The van der Waals surface area contributed by atoms with Gasteiger partial charge < -0.3 is 9.64 Å². The standard InChI is InChI=1S/C18H23N3O2S/c1-11-15(18(23-3)20(2)19-11)14-5-4-9-21(14)17(22)16-13(8-10-24-16)12-6-7-12/h8,10,12,14H,4-7,9H2,1-3H3/t14-/m1/s1. The minimum absolute atomic E-state index is 0.0651. The zero-order valence-corrected chi connectivity index (χ0v) is 15.2. The van der Waals surface area contributed by atoms with Crippen molar-refractivity contribution in [2.24, 2.45) is 7.05 Å². The molecule has 0 N–H and O–H groups in total. The average molecular weight is 345 g/mol. The van der Waals surface area contributed by atoms with Crippen molar-refractivity contribution < 1.29 is 9.53 Å². The van der Waals surface area contributed by atoms with E-state index in [0.717, 1.165) is 41.4 Å². The molecule has 2 aromatic heterocycles. The minimum Gasteiger partial charge on any atom is -0.481 e. The van der Waals surface area contributed by atoms with Crippen molar-refractivity contribution in [2.75, 3.05) is 13.7 Å². The summed E-state index contributed by atoms with van der Waals surface area (Å²) in [5.74, 6) is 1.55. The van der Waals surface area contributed by atoms with Crippen molar-refractivity contribution in [3.8, 4) is 5.88 Å². The lowest BCUT2D eigenvalue weighted by Gasteiger charge is -2.25. The summed E-state index contributed by atoms with van der Waals surface area (Å²) in [6, 6.07) is 2.20. The van der Waals surface area contributed by atoms with E-state index in [1.54, 1.807) is 23.1 Å². The van der Waals surface area contributed by atoms with Crippen molar-refractivity contribution in [1.29, 1.82) is 0 Å². The molecule has 2 aromatic rings. The molecule has 2 fully saturated rings. The van der Waals surface area contributed by atoms with Gasteiger partial charge in [0, 0.05) is 13.6 Å². The van der Waals surface area contributed by atoms with E-state index in [4.69, 9.17) is 4.74 Å². The Hall–Kier alpha value is -1.82. The van der Waals surface area contributed by atoms with Crippen LogP contribution in [0.25, 0.3) is 0 Å². The van der Waals surface area contributed by atoms with E-state index in [1.165, 1.54) is 18.4 Å². The quantitative estimate of drug-likeness (QED) is 0.850. The van der Waals surface area contributed by atoms with Gasteiger partial charge in [0.15, 0.2) is 0 Å². The first-order valence-electron chi connectivity index (χ1n) is 8.57. The van der Waals surface area contributed by atoms with E-state index < -0.39 is 0 Å². The third-order valence-electron chi connectivity index (χ3n) is 5.16. The number of ether oxygens (including phenoxy) is 1. The lowest BCUT2D eigenvalue weighted by molar-refractivity contribution is 0.0737. The Morgan fingerprint density at radius 1 is 1.38 bits per heavy atom. The number of methoxy groups -OCH3 is 1. The molecule has 3 heterocycles. The molecule has 1 aliphatic carbocycles. The van der Waals surface area contributed by atoms with E-state index in [-0.39, 0.29) is 11.9 Å². The van der Waals surface area contributed by atoms with Crippen LogP contribution in [0.5, 0.6) is 5.88 Å². The molecule has 0 bridgehead atoms. The smallest absolute Gasteiger partial charge is 0.264 e. The molecule has 6 heteroatoms. The van der Waals surface area contributed by atoms with Crippen molar-refractivity contribution in [3.05, 3.63) is 33.1 Å². The van der Waals surface area contributed by atoms with Crippen LogP contribution in [0.3, 0.4) is 0 Å². The van der Waals surface area contributed by atoms with Gasteiger partial charge in [-0.1, -0.05) is 0 Å². The monoisotopic (exact) mass is 345 g/mol. The number of hydrogen-bond acceptors (Lipinski definition) is 4. The average Bonchev–Trinajstić information content (AvgIpc) is 2.99. The van der Waals surface area contributed by atoms with Crippen LogP contribution >= 0.6 is 11.3 Å². The molecule has 0 radical (unpaired) electrons. The number of rotatable bonds is 4. The Morgan fingerprint density at radius 3 is 2.88 bits per heavy atom. The molecule has 24 heavy (non-hydrogen) atoms. The highest BCUT2D eigenvalue weighted by Crippen LogP contribution is 2.45. The first kappa shape index (κ1) is 15.7. The summed E-state index contributed by atoms with van der Waals surface area (Å²) in [7, 11) is 3.56. The summed E-state index contributed by atoms with van der Waals surface area (Å²) in [6.07, 6.45) is 4.43. The summed E-state index contributed by atoms with van der Waals surface area (Å²) in [4.78, 5) is 16.2. The van der Waals surface area contributed by atoms with Gasteiger partial charge in [0.1, 0.15) is 0 Å². The fraction of sp³-hybridized carbons (Fsp3) is 0.556. The number of nitrogens with zero attached hydrogens (tertiary/aromatic N) is 3. The van der Waals surface area contributed by atoms with Crippen LogP contribution in [0.1, 0.15) is 64.1 Å². The number of carbonyl (C=O) groups is 1. The van der Waals surface area contributed by atoms with Crippen molar-refractivity contribution in [3.63, 3.8) is 0 Å². The SMILES string of the molecule is COc1c([C@H]2CCCN2C(=O)c2sccc2C2CC2)c(C)nn1C. The molecule has 1 atom stereocenters. The summed E-state index contributed by atoms with van der Waals surface area (Å²) < 4.78 is 7.34. The first-order valence-corrected chi connectivity index (χ1v) is 9.45. The van der Waals surface area contributed by atoms with Crippen LogP contribution in [0.2, 0.25) is 0 Å². The maximum Gasteiger partial charge on any atom is 0.264 e. The zero-order chi connectivity index (χ0) is 16.8. The second kappa shape index (κ2) is 5.92. The Morgan fingerprint density at radius 2 is 2.17 bits per heavy atom. The second-order valence-corrected chi connectivity index (χ2v) is 7.68. The lowest BCUT2D eigenvalue weighted by atomic mass is 10.0. The van der Waals surface area contributed by atoms with Gasteiger partial charge in [0.05, 0.1) is 29.3 Å². The topological polar surface area (TPSA) is 47.4 Å². The Kier molecular flexibility index (Phi) is 3.87. The minimum atomic E-state index is 0.0651. The predicted molar refractivity (Wildman–Crippen MR) is 93.8 cm³/mol. The summed E-state index contributed by atoms with van der Waals surface area (Å²) in [5.41, 5.74) is 3.27. The van der Waals surface area contributed by atoms with Crippen molar-refractivity contribution in [2.45, 2.75) is 44.6 Å². The molecule has 0 aromatic carbocycles. The van der Waals surface area contributed by atoms with Crippen LogP contribution in [0.15, 0.2) is 11.4 Å². The predicted octanol–water partition coefficient (Wildman–Crippen LogP) is 3.65. The molecule has 5 nitrogen and oxygen atoms in total. The van der Waals surface area contributed by atoms with E-state index in [2.05, 4.69) is 16.5 Å². The van der Waals surface area contributed by atoms with E-state index in [1.807, 2.05) is 18.9 Å². The largest absolute Gasteiger partial charge is 0.481 e. The second-order valence-electron chi connectivity index (χ2n) is 6.77. The number of amides is 1. The molecular weight excluding hydrogens is 322 g/mol. The number of likely N-dealkylation sites (tertiary alicyclic amines) is 1. The Balaban J connectivity index is 1.68. The van der Waals surface area contributed by atoms with Crippen LogP contribution in [0.4, 0.5) is 0 Å². The Labute approximate surface area is 146 Å². The van der Waals surface area contributed by atoms with Gasteiger partial charge in [-0.05, 0) is 55.5 Å². The van der Waals surface area contributed by atoms with Gasteiger partial charge in [-0.15, -0.1) is 11.3 Å². The highest BCUT2D eigenvalue weighted by atomic mass is 32.1. The number of hydrogen-bond donors (Lipinski definition) is 0. The molecule has 2 aliphatic rings. The van der Waals surface area contributed by atoms with Crippen molar-refractivity contribution in [1.82, 2.24) is 14.7 Å². The third kappa shape index (κ3) is 2.44. The molecule has 4 rings (SSSR count). The van der Waals surface area contributed by atoms with Gasteiger partial charge in [-0.3, -0.25) is 4.79 Å². The maximum absolute atomic E-state index is 13.2. The molecule has 0 unspecified atom stereocenters. The molecule has 1 aliphatic heterocycles. The van der Waals surface area contributed by atoms with Gasteiger partial charge >= 0.3 is 0 Å².